The number of carbonyl (C=O) groups is 3. The minimum atomic E-state index is -0.459. The van der Waals surface area contributed by atoms with Gasteiger partial charge < -0.3 is 29.7 Å². The van der Waals surface area contributed by atoms with Crippen molar-refractivity contribution in [2.75, 3.05) is 26.8 Å². The Morgan fingerprint density at radius 3 is 2.60 bits per heavy atom. The molecule has 4 bridgehead atoms. The fourth-order valence-corrected chi connectivity index (χ4v) is 5.32. The molecule has 1 aromatic heterocycles. The van der Waals surface area contributed by atoms with Crippen molar-refractivity contribution < 1.29 is 28.6 Å². The van der Waals surface area contributed by atoms with E-state index < -0.39 is 6.04 Å². The number of aromatic nitrogens is 2. The Morgan fingerprint density at radius 1 is 1.07 bits per heavy atom. The molecule has 1 saturated heterocycles. The number of likely N-dealkylation sites (tertiary alicyclic amines) is 1. The molecule has 42 heavy (non-hydrogen) atoms. The molecule has 3 N–H and O–H groups in total. The van der Waals surface area contributed by atoms with Gasteiger partial charge in [-0.05, 0) is 55.7 Å². The fourth-order valence-electron chi connectivity index (χ4n) is 5.32. The van der Waals surface area contributed by atoms with Crippen LogP contribution >= 0.6 is 0 Å². The lowest BCUT2D eigenvalue weighted by Crippen LogP contribution is -2.58. The van der Waals surface area contributed by atoms with Crippen molar-refractivity contribution in [2.45, 2.75) is 58.2 Å². The van der Waals surface area contributed by atoms with E-state index in [-0.39, 0.29) is 36.9 Å². The number of ether oxygens (including phenoxy) is 3. The molecule has 5 aliphatic rings. The lowest BCUT2D eigenvalue weighted by molar-refractivity contribution is -0.135. The standard InChI is InChI=1S/C31H37N5O6/c1-19-24(20(2)35-34-19)15-31(39)36-13-12-26-25(17-36)33-30(38)18-41-27-10-6-21(14-28(27)40-3)7-11-29(37)32-16-22-4-8-23(42-26)9-5-22/h4-6,8-10,14,25-26H,7,11-13,15-18H2,1-3H3,(H,32,37)(H,33,38)(H,34,35)/t25-,26-/m1/s1. The van der Waals surface area contributed by atoms with Crippen LogP contribution in [0.5, 0.6) is 17.2 Å². The average Bonchev–Trinajstić information content (AvgIpc) is 3.31. The maximum absolute atomic E-state index is 13.3. The Balaban J connectivity index is 1.35. The lowest BCUT2D eigenvalue weighted by atomic mass is 10.00. The van der Waals surface area contributed by atoms with Crippen LogP contribution in [0.3, 0.4) is 0 Å². The lowest BCUT2D eigenvalue weighted by Gasteiger charge is -2.39. The molecule has 0 saturated carbocycles. The number of methoxy groups -OCH3 is 1. The number of carbonyl (C=O) groups excluding carboxylic acids is 3. The van der Waals surface area contributed by atoms with Crippen molar-refractivity contribution in [3.05, 3.63) is 70.5 Å². The fraction of sp³-hybridized carbons (Fsp3) is 0.419. The van der Waals surface area contributed by atoms with Gasteiger partial charge in [-0.15, -0.1) is 0 Å². The van der Waals surface area contributed by atoms with Gasteiger partial charge in [-0.1, -0.05) is 18.2 Å². The average molecular weight is 576 g/mol. The number of amides is 3. The topological polar surface area (TPSA) is 135 Å². The summed E-state index contributed by atoms with van der Waals surface area (Å²) in [6.07, 6.45) is 1.27. The number of nitrogens with zero attached hydrogens (tertiary/aromatic N) is 2. The molecule has 0 spiro atoms. The van der Waals surface area contributed by atoms with E-state index in [1.165, 1.54) is 7.11 Å². The smallest absolute Gasteiger partial charge is 0.258 e. The van der Waals surface area contributed by atoms with Gasteiger partial charge in [0, 0.05) is 43.7 Å². The number of hydrogen-bond donors (Lipinski definition) is 3. The van der Waals surface area contributed by atoms with Crippen LogP contribution in [0.15, 0.2) is 42.5 Å². The number of piperidine rings is 1. The van der Waals surface area contributed by atoms with Crippen molar-refractivity contribution in [3.8, 4) is 17.2 Å². The molecule has 11 nitrogen and oxygen atoms in total. The normalized spacial score (nSPS) is 19.6. The molecule has 0 radical (unpaired) electrons. The number of aromatic amines is 1. The van der Waals surface area contributed by atoms with Gasteiger partial charge in [0.25, 0.3) is 5.91 Å². The zero-order valence-electron chi connectivity index (χ0n) is 24.2. The number of rotatable bonds is 3. The maximum Gasteiger partial charge on any atom is 0.258 e. The second kappa shape index (κ2) is 13.0. The Morgan fingerprint density at radius 2 is 1.86 bits per heavy atom. The van der Waals surface area contributed by atoms with Gasteiger partial charge in [0.1, 0.15) is 11.9 Å². The first-order valence-corrected chi connectivity index (χ1v) is 14.2. The van der Waals surface area contributed by atoms with Gasteiger partial charge >= 0.3 is 0 Å². The van der Waals surface area contributed by atoms with Crippen LogP contribution < -0.4 is 24.8 Å². The van der Waals surface area contributed by atoms with Gasteiger partial charge in [0.2, 0.25) is 11.8 Å². The second-order valence-electron chi connectivity index (χ2n) is 10.7. The van der Waals surface area contributed by atoms with Gasteiger partial charge in [0.05, 0.1) is 25.3 Å². The molecule has 11 heteroatoms. The first-order chi connectivity index (χ1) is 20.3. The van der Waals surface area contributed by atoms with Gasteiger partial charge in [0.15, 0.2) is 18.1 Å². The van der Waals surface area contributed by atoms with Gasteiger partial charge in [-0.25, -0.2) is 0 Å². The minimum Gasteiger partial charge on any atom is -0.493 e. The highest BCUT2D eigenvalue weighted by Gasteiger charge is 2.34. The number of benzene rings is 2. The van der Waals surface area contributed by atoms with E-state index in [0.717, 1.165) is 28.1 Å². The highest BCUT2D eigenvalue weighted by molar-refractivity contribution is 5.80. The first kappa shape index (κ1) is 29.0. The van der Waals surface area contributed by atoms with Crippen molar-refractivity contribution in [2.24, 2.45) is 0 Å². The van der Waals surface area contributed by atoms with Crippen molar-refractivity contribution >= 4 is 17.7 Å². The number of H-pyrrole nitrogens is 1. The van der Waals surface area contributed by atoms with Gasteiger partial charge in [-0.2, -0.15) is 5.10 Å². The summed E-state index contributed by atoms with van der Waals surface area (Å²) in [5.41, 5.74) is 4.44. The van der Waals surface area contributed by atoms with Crippen LogP contribution in [0.2, 0.25) is 0 Å². The SMILES string of the molecule is COc1cc2ccc1OCC(=O)N[C@@H]1CN(C(=O)Cc3c(C)n[nH]c3C)CC[C@H]1Oc1ccc(cc1)CNC(=O)CC2. The molecule has 0 unspecified atom stereocenters. The van der Waals surface area contributed by atoms with Crippen molar-refractivity contribution in [3.63, 3.8) is 0 Å². The maximum atomic E-state index is 13.3. The molecule has 5 aliphatic heterocycles. The van der Waals surface area contributed by atoms with E-state index in [0.29, 0.717) is 56.1 Å². The molecule has 2 atom stereocenters. The summed E-state index contributed by atoms with van der Waals surface area (Å²) in [5, 5.41) is 13.1. The zero-order valence-corrected chi connectivity index (χ0v) is 24.2. The molecule has 6 heterocycles. The summed E-state index contributed by atoms with van der Waals surface area (Å²) in [4.78, 5) is 40.6. The first-order valence-electron chi connectivity index (χ1n) is 14.2. The summed E-state index contributed by atoms with van der Waals surface area (Å²) in [5.74, 6) is 1.13. The molecular formula is C31H37N5O6. The third kappa shape index (κ3) is 7.02. The Hall–Kier alpha value is -4.54. The zero-order chi connectivity index (χ0) is 29.6. The van der Waals surface area contributed by atoms with Crippen LogP contribution in [0, 0.1) is 13.8 Å². The van der Waals surface area contributed by atoms with Gasteiger partial charge in [-0.3, -0.25) is 19.5 Å². The molecule has 0 aliphatic carbocycles. The van der Waals surface area contributed by atoms with E-state index in [4.69, 9.17) is 14.2 Å². The predicted octanol–water partition coefficient (Wildman–Crippen LogP) is 2.38. The van der Waals surface area contributed by atoms with E-state index in [2.05, 4.69) is 20.8 Å². The second-order valence-corrected chi connectivity index (χ2v) is 10.7. The molecular weight excluding hydrogens is 538 g/mol. The third-order valence-corrected chi connectivity index (χ3v) is 7.79. The summed E-state index contributed by atoms with van der Waals surface area (Å²) in [6, 6.07) is 12.5. The summed E-state index contributed by atoms with van der Waals surface area (Å²) in [7, 11) is 1.53. The number of aryl methyl sites for hydroxylation is 3. The third-order valence-electron chi connectivity index (χ3n) is 7.79. The van der Waals surface area contributed by atoms with Crippen LogP contribution in [-0.4, -0.2) is 71.8 Å². The molecule has 1 fully saturated rings. The minimum absolute atomic E-state index is 0.0331. The van der Waals surface area contributed by atoms with Crippen LogP contribution in [-0.2, 0) is 33.8 Å². The Kier molecular flexibility index (Phi) is 8.94. The molecule has 222 valence electrons. The molecule has 8 rings (SSSR count). The van der Waals surface area contributed by atoms with Crippen molar-refractivity contribution in [1.82, 2.24) is 25.7 Å². The number of hydrogen-bond acceptors (Lipinski definition) is 7. The number of nitrogens with one attached hydrogen (secondary N) is 3. The van der Waals surface area contributed by atoms with Crippen LogP contribution in [0.4, 0.5) is 0 Å². The summed E-state index contributed by atoms with van der Waals surface area (Å²) in [6.45, 7) is 4.74. The summed E-state index contributed by atoms with van der Waals surface area (Å²) < 4.78 is 17.6. The molecule has 2 aromatic carbocycles. The Labute approximate surface area is 244 Å². The largest absolute Gasteiger partial charge is 0.493 e. The van der Waals surface area contributed by atoms with Crippen molar-refractivity contribution in [1.29, 1.82) is 0 Å². The highest BCUT2D eigenvalue weighted by Crippen LogP contribution is 2.29. The molecule has 3 amide bonds. The summed E-state index contributed by atoms with van der Waals surface area (Å²) >= 11 is 0. The van der Waals surface area contributed by atoms with E-state index in [1.807, 2.05) is 50.2 Å². The van der Waals surface area contributed by atoms with Crippen LogP contribution in [0.1, 0.15) is 40.9 Å². The van der Waals surface area contributed by atoms with Crippen LogP contribution in [0.25, 0.3) is 0 Å². The quantitative estimate of drug-likeness (QED) is 0.437. The highest BCUT2D eigenvalue weighted by atomic mass is 16.5. The van der Waals surface area contributed by atoms with E-state index in [9.17, 15) is 14.4 Å². The Bertz CT molecular complexity index is 1420. The molecule has 3 aromatic rings. The van der Waals surface area contributed by atoms with E-state index >= 15 is 0 Å². The predicted molar refractivity (Wildman–Crippen MR) is 154 cm³/mol. The monoisotopic (exact) mass is 575 g/mol. The van der Waals surface area contributed by atoms with E-state index in [1.54, 1.807) is 11.0 Å².